The minimum absolute atomic E-state index is 0.0818. The zero-order chi connectivity index (χ0) is 10.0. The van der Waals surface area contributed by atoms with Crippen molar-refractivity contribution in [3.05, 3.63) is 23.3 Å². The zero-order valence-corrected chi connectivity index (χ0v) is 7.37. The molecule has 0 fully saturated rings. The fraction of sp³-hybridized carbons (Fsp3) is 0.222. The third-order valence-corrected chi connectivity index (χ3v) is 1.76. The van der Waals surface area contributed by atoms with Crippen LogP contribution in [-0.2, 0) is 0 Å². The highest BCUT2D eigenvalue weighted by Crippen LogP contribution is 2.28. The number of methoxy groups -OCH3 is 1. The Morgan fingerprint density at radius 2 is 2.08 bits per heavy atom. The Morgan fingerprint density at radius 1 is 1.46 bits per heavy atom. The Balaban J connectivity index is 3.28. The van der Waals surface area contributed by atoms with E-state index >= 15 is 0 Å². The first-order valence-corrected chi connectivity index (χ1v) is 3.67. The second-order valence-corrected chi connectivity index (χ2v) is 2.64. The molecular weight excluding hydrogens is 172 g/mol. The normalized spacial score (nSPS) is 9.69. The predicted molar refractivity (Wildman–Crippen MR) is 46.4 cm³/mol. The number of ether oxygens (including phenoxy) is 1. The molecule has 1 aromatic rings. The highest BCUT2D eigenvalue weighted by Gasteiger charge is 2.11. The van der Waals surface area contributed by atoms with E-state index in [1.54, 1.807) is 6.92 Å². The van der Waals surface area contributed by atoms with Gasteiger partial charge in [-0.1, -0.05) is 0 Å². The summed E-state index contributed by atoms with van der Waals surface area (Å²) in [4.78, 5) is 10.6. The number of aryl methyl sites for hydroxylation is 1. The third kappa shape index (κ3) is 1.72. The molecule has 4 heteroatoms. The summed E-state index contributed by atoms with van der Waals surface area (Å²) >= 11 is 0. The third-order valence-electron chi connectivity index (χ3n) is 1.76. The number of aromatic hydroxyl groups is 1. The Labute approximate surface area is 75.4 Å². The van der Waals surface area contributed by atoms with E-state index < -0.39 is 5.97 Å². The molecule has 0 radical (unpaired) electrons. The van der Waals surface area contributed by atoms with Gasteiger partial charge in [0.1, 0.15) is 0 Å². The molecular formula is C9H10O4. The Hall–Kier alpha value is -1.71. The van der Waals surface area contributed by atoms with Crippen molar-refractivity contribution in [3.8, 4) is 11.5 Å². The minimum atomic E-state index is -1.06. The maximum Gasteiger partial charge on any atom is 0.336 e. The lowest BCUT2D eigenvalue weighted by Crippen LogP contribution is -2.00. The van der Waals surface area contributed by atoms with Gasteiger partial charge in [-0.15, -0.1) is 0 Å². The number of hydrogen-bond acceptors (Lipinski definition) is 3. The Morgan fingerprint density at radius 3 is 2.54 bits per heavy atom. The van der Waals surface area contributed by atoms with Gasteiger partial charge in [-0.25, -0.2) is 4.79 Å². The van der Waals surface area contributed by atoms with E-state index in [-0.39, 0.29) is 17.1 Å². The van der Waals surface area contributed by atoms with Crippen LogP contribution < -0.4 is 4.74 Å². The van der Waals surface area contributed by atoms with Crippen LogP contribution in [0.15, 0.2) is 12.1 Å². The van der Waals surface area contributed by atoms with Gasteiger partial charge in [-0.2, -0.15) is 0 Å². The van der Waals surface area contributed by atoms with Crippen molar-refractivity contribution in [2.24, 2.45) is 0 Å². The number of carboxylic acids is 1. The maximum absolute atomic E-state index is 10.6. The fourth-order valence-corrected chi connectivity index (χ4v) is 1.06. The van der Waals surface area contributed by atoms with Gasteiger partial charge < -0.3 is 14.9 Å². The van der Waals surface area contributed by atoms with Gasteiger partial charge in [0.25, 0.3) is 0 Å². The summed E-state index contributed by atoms with van der Waals surface area (Å²) in [6, 6.07) is 2.66. The lowest BCUT2D eigenvalue weighted by Gasteiger charge is -2.06. The van der Waals surface area contributed by atoms with Crippen molar-refractivity contribution in [1.29, 1.82) is 0 Å². The summed E-state index contributed by atoms with van der Waals surface area (Å²) in [7, 11) is 1.41. The first-order valence-electron chi connectivity index (χ1n) is 3.67. The molecule has 4 nitrogen and oxygen atoms in total. The monoisotopic (exact) mass is 182 g/mol. The van der Waals surface area contributed by atoms with E-state index in [1.807, 2.05) is 0 Å². The summed E-state index contributed by atoms with van der Waals surface area (Å²) in [5.41, 5.74) is 0.639. The smallest absolute Gasteiger partial charge is 0.336 e. The van der Waals surface area contributed by atoms with E-state index in [0.717, 1.165) is 0 Å². The number of rotatable bonds is 2. The van der Waals surface area contributed by atoms with E-state index in [0.29, 0.717) is 5.56 Å². The molecule has 13 heavy (non-hydrogen) atoms. The van der Waals surface area contributed by atoms with Crippen LogP contribution >= 0.6 is 0 Å². The van der Waals surface area contributed by atoms with Crippen molar-refractivity contribution in [2.75, 3.05) is 7.11 Å². The minimum Gasteiger partial charge on any atom is -0.504 e. The quantitative estimate of drug-likeness (QED) is 0.725. The molecule has 0 aliphatic heterocycles. The van der Waals surface area contributed by atoms with Crippen molar-refractivity contribution in [2.45, 2.75) is 6.92 Å². The van der Waals surface area contributed by atoms with E-state index in [4.69, 9.17) is 9.84 Å². The summed E-state index contributed by atoms with van der Waals surface area (Å²) in [6.45, 7) is 1.64. The highest BCUT2D eigenvalue weighted by molar-refractivity contribution is 5.90. The number of carboxylic acid groups (broad SMARTS) is 1. The number of aromatic carboxylic acids is 1. The molecule has 70 valence electrons. The van der Waals surface area contributed by atoms with E-state index in [1.165, 1.54) is 19.2 Å². The van der Waals surface area contributed by atoms with Gasteiger partial charge in [0, 0.05) is 0 Å². The number of phenols is 1. The molecule has 0 heterocycles. The summed E-state index contributed by atoms with van der Waals surface area (Å²) < 4.78 is 4.82. The van der Waals surface area contributed by atoms with Crippen LogP contribution in [0.1, 0.15) is 15.9 Å². The molecule has 0 saturated heterocycles. The molecule has 0 amide bonds. The average molecular weight is 182 g/mol. The largest absolute Gasteiger partial charge is 0.504 e. The van der Waals surface area contributed by atoms with Crippen molar-refractivity contribution < 1.29 is 19.7 Å². The molecule has 0 aliphatic rings. The zero-order valence-electron chi connectivity index (χ0n) is 7.37. The van der Waals surface area contributed by atoms with Crippen LogP contribution in [0.5, 0.6) is 11.5 Å². The summed E-state index contributed by atoms with van der Waals surface area (Å²) in [5, 5.41) is 18.0. The second-order valence-electron chi connectivity index (χ2n) is 2.64. The second kappa shape index (κ2) is 3.35. The van der Waals surface area contributed by atoms with Crippen LogP contribution in [0.25, 0.3) is 0 Å². The lowest BCUT2D eigenvalue weighted by molar-refractivity contribution is 0.0695. The lowest BCUT2D eigenvalue weighted by atomic mass is 10.1. The van der Waals surface area contributed by atoms with Crippen molar-refractivity contribution >= 4 is 5.97 Å². The van der Waals surface area contributed by atoms with Gasteiger partial charge in [0.2, 0.25) is 0 Å². The SMILES string of the molecule is COc1cc(C)c(C(=O)O)cc1O. The molecule has 0 atom stereocenters. The Kier molecular flexibility index (Phi) is 2.41. The topological polar surface area (TPSA) is 66.8 Å². The standard InChI is InChI=1S/C9H10O4/c1-5-3-8(13-2)7(10)4-6(5)9(11)12/h3-4,10H,1-2H3,(H,11,12). The number of benzene rings is 1. The predicted octanol–water partition coefficient (Wildman–Crippen LogP) is 1.41. The van der Waals surface area contributed by atoms with Crippen LogP contribution in [0.4, 0.5) is 0 Å². The molecule has 0 aromatic heterocycles. The summed E-state index contributed by atoms with van der Waals surface area (Å²) in [5.74, 6) is -0.941. The van der Waals surface area contributed by atoms with Gasteiger partial charge in [-0.3, -0.25) is 0 Å². The first kappa shape index (κ1) is 9.38. The fourth-order valence-electron chi connectivity index (χ4n) is 1.06. The molecule has 2 N–H and O–H groups in total. The number of phenolic OH excluding ortho intramolecular Hbond substituents is 1. The number of carbonyl (C=O) groups is 1. The van der Waals surface area contributed by atoms with E-state index in [2.05, 4.69) is 0 Å². The van der Waals surface area contributed by atoms with Crippen LogP contribution in [-0.4, -0.2) is 23.3 Å². The van der Waals surface area contributed by atoms with Crippen LogP contribution in [0, 0.1) is 6.92 Å². The average Bonchev–Trinajstić information content (AvgIpc) is 2.07. The molecule has 0 saturated carbocycles. The van der Waals surface area contributed by atoms with Crippen molar-refractivity contribution in [1.82, 2.24) is 0 Å². The van der Waals surface area contributed by atoms with Crippen molar-refractivity contribution in [3.63, 3.8) is 0 Å². The molecule has 1 aromatic carbocycles. The van der Waals surface area contributed by atoms with E-state index in [9.17, 15) is 9.90 Å². The number of hydrogen-bond donors (Lipinski definition) is 2. The van der Waals surface area contributed by atoms with Gasteiger partial charge in [0.15, 0.2) is 11.5 Å². The molecule has 0 unspecified atom stereocenters. The maximum atomic E-state index is 10.6. The molecule has 0 bridgehead atoms. The van der Waals surface area contributed by atoms with Gasteiger partial charge >= 0.3 is 5.97 Å². The first-order chi connectivity index (χ1) is 6.06. The highest BCUT2D eigenvalue weighted by atomic mass is 16.5. The molecule has 0 aliphatic carbocycles. The van der Waals surface area contributed by atoms with Gasteiger partial charge in [0.05, 0.1) is 12.7 Å². The van der Waals surface area contributed by atoms with Gasteiger partial charge in [-0.05, 0) is 24.6 Å². The molecule has 1 rings (SSSR count). The summed E-state index contributed by atoms with van der Waals surface area (Å²) in [6.07, 6.45) is 0. The molecule has 0 spiro atoms. The van der Waals surface area contributed by atoms with Crippen LogP contribution in [0.2, 0.25) is 0 Å². The van der Waals surface area contributed by atoms with Crippen LogP contribution in [0.3, 0.4) is 0 Å². The Bertz CT molecular complexity index is 344.